The highest BCUT2D eigenvalue weighted by atomic mass is 16.5. The minimum atomic E-state index is -0.400. The summed E-state index contributed by atoms with van der Waals surface area (Å²) in [5.41, 5.74) is 6.76. The highest BCUT2D eigenvalue weighted by Gasteiger charge is 2.39. The molecule has 4 heterocycles. The lowest BCUT2D eigenvalue weighted by Gasteiger charge is -2.39. The van der Waals surface area contributed by atoms with Gasteiger partial charge in [-0.3, -0.25) is 0 Å². The van der Waals surface area contributed by atoms with E-state index in [1.165, 1.54) is 12.0 Å². The molecular weight excluding hydrogens is 600 g/mol. The summed E-state index contributed by atoms with van der Waals surface area (Å²) in [6.07, 6.45) is 10.2. The summed E-state index contributed by atoms with van der Waals surface area (Å²) in [4.78, 5) is 18.7. The van der Waals surface area contributed by atoms with Crippen LogP contribution >= 0.6 is 0 Å². The second kappa shape index (κ2) is 11.5. The maximum absolute atomic E-state index is 9.93. The molecule has 6 aromatic rings. The van der Waals surface area contributed by atoms with Gasteiger partial charge < -0.3 is 10.1 Å². The van der Waals surface area contributed by atoms with E-state index in [2.05, 4.69) is 58.7 Å². The number of aryl methyl sites for hydroxylation is 2. The van der Waals surface area contributed by atoms with Gasteiger partial charge in [0.2, 0.25) is 5.95 Å². The SMILES string of the molecule is CNc1nc(C)cc(-n2ncc3c(COCc4nc(C)cc(-n5ncc6ccc(C7(C#N)CCC7)cc65)n4)cc(C4(C)CCC4)cc32)n1. The lowest BCUT2D eigenvalue weighted by atomic mass is 9.65. The van der Waals surface area contributed by atoms with Gasteiger partial charge in [-0.1, -0.05) is 31.5 Å². The van der Waals surface area contributed by atoms with Crippen LogP contribution in [-0.4, -0.2) is 46.5 Å². The van der Waals surface area contributed by atoms with E-state index in [9.17, 15) is 5.26 Å². The van der Waals surface area contributed by atoms with Crippen LogP contribution in [0.15, 0.2) is 54.9 Å². The number of nitrogens with zero attached hydrogens (tertiary/aromatic N) is 9. The molecule has 2 aliphatic carbocycles. The molecule has 0 spiro atoms. The van der Waals surface area contributed by atoms with Crippen LogP contribution in [0.25, 0.3) is 33.4 Å². The molecule has 0 bridgehead atoms. The van der Waals surface area contributed by atoms with Crippen LogP contribution < -0.4 is 5.32 Å². The van der Waals surface area contributed by atoms with Crippen molar-refractivity contribution in [3.8, 4) is 17.7 Å². The molecule has 0 aliphatic heterocycles. The number of anilines is 1. The lowest BCUT2D eigenvalue weighted by molar-refractivity contribution is 0.102. The first kappa shape index (κ1) is 30.1. The number of rotatable bonds is 9. The Morgan fingerprint density at radius 2 is 1.52 bits per heavy atom. The topological polar surface area (TPSA) is 132 Å². The van der Waals surface area contributed by atoms with Gasteiger partial charge in [0.05, 0.1) is 41.5 Å². The molecule has 0 saturated heterocycles. The first-order valence-corrected chi connectivity index (χ1v) is 16.6. The first-order chi connectivity index (χ1) is 23.3. The van der Waals surface area contributed by atoms with E-state index in [1.54, 1.807) is 0 Å². The largest absolute Gasteiger partial charge is 0.369 e. The van der Waals surface area contributed by atoms with Crippen LogP contribution in [-0.2, 0) is 28.8 Å². The van der Waals surface area contributed by atoms with Crippen molar-refractivity contribution >= 4 is 27.8 Å². The maximum atomic E-state index is 9.93. The Morgan fingerprint density at radius 1 is 0.812 bits per heavy atom. The van der Waals surface area contributed by atoms with Crippen molar-refractivity contribution in [2.45, 2.75) is 83.3 Å². The zero-order valence-electron chi connectivity index (χ0n) is 27.8. The summed E-state index contributed by atoms with van der Waals surface area (Å²) in [7, 11) is 1.82. The first-order valence-electron chi connectivity index (χ1n) is 16.6. The zero-order valence-corrected chi connectivity index (χ0v) is 27.8. The molecular formula is C37H38N10O. The van der Waals surface area contributed by atoms with E-state index in [0.29, 0.717) is 24.2 Å². The van der Waals surface area contributed by atoms with E-state index in [-0.39, 0.29) is 12.0 Å². The number of nitrogens with one attached hydrogen (secondary N) is 1. The molecule has 2 aromatic carbocycles. The molecule has 4 aromatic heterocycles. The van der Waals surface area contributed by atoms with E-state index < -0.39 is 5.41 Å². The molecule has 11 nitrogen and oxygen atoms in total. The number of hydrogen-bond donors (Lipinski definition) is 1. The number of nitriles is 1. The van der Waals surface area contributed by atoms with Gasteiger partial charge in [0.15, 0.2) is 17.5 Å². The summed E-state index contributed by atoms with van der Waals surface area (Å²) in [6.45, 7) is 6.88. The second-order valence-electron chi connectivity index (χ2n) is 13.6. The van der Waals surface area contributed by atoms with Crippen molar-refractivity contribution in [2.24, 2.45) is 0 Å². The molecule has 2 saturated carbocycles. The highest BCUT2D eigenvalue weighted by molar-refractivity contribution is 5.85. The van der Waals surface area contributed by atoms with Crippen molar-refractivity contribution in [3.63, 3.8) is 0 Å². The van der Waals surface area contributed by atoms with Crippen molar-refractivity contribution in [1.82, 2.24) is 39.5 Å². The molecule has 242 valence electrons. The Bertz CT molecular complexity index is 2230. The second-order valence-corrected chi connectivity index (χ2v) is 13.6. The van der Waals surface area contributed by atoms with Gasteiger partial charge in [-0.05, 0) is 80.2 Å². The number of ether oxygens (including phenoxy) is 1. The van der Waals surface area contributed by atoms with Crippen LogP contribution in [0.4, 0.5) is 5.95 Å². The van der Waals surface area contributed by atoms with Gasteiger partial charge in [-0.15, -0.1) is 0 Å². The van der Waals surface area contributed by atoms with Gasteiger partial charge in [0.1, 0.15) is 6.61 Å². The number of benzene rings is 2. The molecule has 0 amide bonds. The summed E-state index contributed by atoms with van der Waals surface area (Å²) in [6, 6.07) is 17.2. The zero-order chi connectivity index (χ0) is 33.0. The van der Waals surface area contributed by atoms with Crippen LogP contribution in [0.1, 0.15) is 79.4 Å². The van der Waals surface area contributed by atoms with E-state index >= 15 is 0 Å². The van der Waals surface area contributed by atoms with Crippen molar-refractivity contribution < 1.29 is 4.74 Å². The molecule has 0 unspecified atom stereocenters. The molecule has 0 radical (unpaired) electrons. The Labute approximate surface area is 279 Å². The van der Waals surface area contributed by atoms with Crippen LogP contribution in [0.2, 0.25) is 0 Å². The van der Waals surface area contributed by atoms with Gasteiger partial charge >= 0.3 is 0 Å². The summed E-state index contributed by atoms with van der Waals surface area (Å²) < 4.78 is 10.1. The van der Waals surface area contributed by atoms with Crippen molar-refractivity contribution in [1.29, 1.82) is 5.26 Å². The van der Waals surface area contributed by atoms with Crippen molar-refractivity contribution in [3.05, 3.63) is 88.8 Å². The Morgan fingerprint density at radius 3 is 2.23 bits per heavy atom. The minimum absolute atomic E-state index is 0.127. The smallest absolute Gasteiger partial charge is 0.224 e. The van der Waals surface area contributed by atoms with Crippen molar-refractivity contribution in [2.75, 3.05) is 12.4 Å². The summed E-state index contributed by atoms with van der Waals surface area (Å²) in [5.74, 6) is 2.55. The van der Waals surface area contributed by atoms with Gasteiger partial charge in [0.25, 0.3) is 0 Å². The maximum Gasteiger partial charge on any atom is 0.224 e. The molecule has 11 heteroatoms. The molecule has 2 aliphatic rings. The third kappa shape index (κ3) is 5.08. The van der Waals surface area contributed by atoms with Gasteiger partial charge in [-0.25, -0.2) is 24.3 Å². The van der Waals surface area contributed by atoms with Gasteiger partial charge in [-0.2, -0.15) is 20.4 Å². The quantitative estimate of drug-likeness (QED) is 0.184. The lowest BCUT2D eigenvalue weighted by Crippen LogP contribution is -2.32. The predicted octanol–water partition coefficient (Wildman–Crippen LogP) is 6.71. The molecule has 1 N–H and O–H groups in total. The fourth-order valence-corrected chi connectivity index (χ4v) is 7.15. The van der Waals surface area contributed by atoms with Crippen LogP contribution in [0.5, 0.6) is 0 Å². The normalized spacial score (nSPS) is 16.4. The minimum Gasteiger partial charge on any atom is -0.369 e. The van der Waals surface area contributed by atoms with E-state index in [1.807, 2.05) is 54.8 Å². The fourth-order valence-electron chi connectivity index (χ4n) is 7.15. The number of aromatic nitrogens is 8. The van der Waals surface area contributed by atoms with Crippen LogP contribution in [0, 0.1) is 25.2 Å². The highest BCUT2D eigenvalue weighted by Crippen LogP contribution is 2.45. The number of hydrogen-bond acceptors (Lipinski definition) is 9. The number of fused-ring (bicyclic) bond motifs is 2. The Kier molecular flexibility index (Phi) is 7.22. The fraction of sp³-hybridized carbons (Fsp3) is 0.378. The third-order valence-electron chi connectivity index (χ3n) is 10.3. The average molecular weight is 639 g/mol. The third-order valence-corrected chi connectivity index (χ3v) is 10.3. The molecule has 0 atom stereocenters. The Balaban J connectivity index is 1.09. The van der Waals surface area contributed by atoms with Crippen LogP contribution in [0.3, 0.4) is 0 Å². The predicted molar refractivity (Wildman–Crippen MR) is 183 cm³/mol. The average Bonchev–Trinajstić information content (AvgIpc) is 3.67. The standard InChI is InChI=1S/C37H38N10O/c1-23-13-33(46-30-16-27(8-7-25(30)18-40-46)37(22-38)11-6-12-37)44-32(42-23)21-48-20-26-15-28(36(3)9-5-10-36)17-31-29(26)19-41-47(31)34-14-24(2)43-35(39-4)45-34/h7-8,13-19H,5-6,9-12,20-21H2,1-4H3,(H,39,43,45). The molecule has 2 fully saturated rings. The van der Waals surface area contributed by atoms with Gasteiger partial charge in [0, 0.05) is 41.3 Å². The molecule has 8 rings (SSSR count). The summed E-state index contributed by atoms with van der Waals surface area (Å²) in [5, 5.41) is 24.5. The van der Waals surface area contributed by atoms with E-state index in [4.69, 9.17) is 24.8 Å². The Hall–Kier alpha value is -5.21. The summed E-state index contributed by atoms with van der Waals surface area (Å²) >= 11 is 0. The monoisotopic (exact) mass is 638 g/mol. The molecule has 48 heavy (non-hydrogen) atoms. The van der Waals surface area contributed by atoms with E-state index in [0.717, 1.165) is 82.2 Å².